The van der Waals surface area contributed by atoms with Crippen LogP contribution in [-0.4, -0.2) is 25.0 Å². The summed E-state index contributed by atoms with van der Waals surface area (Å²) in [4.78, 5) is 2.21. The van der Waals surface area contributed by atoms with Gasteiger partial charge in [0.05, 0.1) is 11.6 Å². The first-order chi connectivity index (χ1) is 7.26. The zero-order valence-corrected chi connectivity index (χ0v) is 9.11. The summed E-state index contributed by atoms with van der Waals surface area (Å²) in [5, 5.41) is 8.65. The molecule has 0 aliphatic rings. The average molecular weight is 200 g/mol. The van der Waals surface area contributed by atoms with E-state index in [0.29, 0.717) is 0 Å². The number of likely N-dealkylation sites (N-methyl/N-ethyl adjacent to an activating group) is 1. The molecule has 0 N–H and O–H groups in total. The van der Waals surface area contributed by atoms with Gasteiger partial charge < -0.3 is 4.90 Å². The van der Waals surface area contributed by atoms with E-state index >= 15 is 0 Å². The van der Waals surface area contributed by atoms with E-state index in [-0.39, 0.29) is 0 Å². The van der Waals surface area contributed by atoms with Gasteiger partial charge in [-0.1, -0.05) is 18.2 Å². The van der Waals surface area contributed by atoms with E-state index in [4.69, 9.17) is 5.26 Å². The summed E-state index contributed by atoms with van der Waals surface area (Å²) >= 11 is 0. The zero-order chi connectivity index (χ0) is 11.1. The third-order valence-corrected chi connectivity index (χ3v) is 2.31. The van der Waals surface area contributed by atoms with E-state index in [0.717, 1.165) is 25.1 Å². The lowest BCUT2D eigenvalue weighted by molar-refractivity contribution is 0.375. The first-order valence-electron chi connectivity index (χ1n) is 5.04. The molecule has 1 aromatic rings. The van der Waals surface area contributed by atoms with Crippen molar-refractivity contribution in [2.24, 2.45) is 0 Å². The van der Waals surface area contributed by atoms with Gasteiger partial charge in [0, 0.05) is 13.1 Å². The predicted octanol–water partition coefficient (Wildman–Crippen LogP) is 2.22. The number of benzene rings is 1. The van der Waals surface area contributed by atoms with Crippen LogP contribution in [0.4, 0.5) is 0 Å². The van der Waals surface area contributed by atoms with E-state index < -0.39 is 0 Å². The minimum absolute atomic E-state index is 0.721. The van der Waals surface area contributed by atoms with Crippen molar-refractivity contribution >= 4 is 0 Å². The quantitative estimate of drug-likeness (QED) is 0.681. The zero-order valence-electron chi connectivity index (χ0n) is 9.11. The molecule has 1 rings (SSSR count). The molecule has 1 aromatic carbocycles. The normalized spacial score (nSPS) is 9.93. The highest BCUT2D eigenvalue weighted by Crippen LogP contribution is 2.04. The third kappa shape index (κ3) is 3.97. The van der Waals surface area contributed by atoms with E-state index in [1.807, 2.05) is 30.3 Å². The highest BCUT2D eigenvalue weighted by atomic mass is 15.1. The lowest BCUT2D eigenvalue weighted by atomic mass is 10.1. The Morgan fingerprint density at radius 2 is 2.07 bits per heavy atom. The van der Waals surface area contributed by atoms with Gasteiger partial charge in [-0.2, -0.15) is 5.26 Å². The molecule has 2 nitrogen and oxygen atoms in total. The van der Waals surface area contributed by atoms with E-state index in [1.54, 1.807) is 0 Å². The summed E-state index contributed by atoms with van der Waals surface area (Å²) in [6, 6.07) is 9.87. The van der Waals surface area contributed by atoms with Gasteiger partial charge in [0.15, 0.2) is 0 Å². The molecule has 0 amide bonds. The summed E-state index contributed by atoms with van der Waals surface area (Å²) in [5.41, 5.74) is 1.99. The van der Waals surface area contributed by atoms with Crippen molar-refractivity contribution in [2.75, 3.05) is 20.1 Å². The summed E-state index contributed by atoms with van der Waals surface area (Å²) in [6.45, 7) is 5.63. The molecule has 0 saturated heterocycles. The molecule has 78 valence electrons. The maximum atomic E-state index is 8.65. The van der Waals surface area contributed by atoms with Crippen molar-refractivity contribution in [3.8, 4) is 6.07 Å². The molecule has 0 heterocycles. The third-order valence-electron chi connectivity index (χ3n) is 2.31. The van der Waals surface area contributed by atoms with Gasteiger partial charge in [0.1, 0.15) is 0 Å². The fraction of sp³-hybridized carbons (Fsp3) is 0.308. The topological polar surface area (TPSA) is 27.0 Å². The van der Waals surface area contributed by atoms with Crippen molar-refractivity contribution < 1.29 is 0 Å². The molecule has 0 atom stereocenters. The molecule has 0 aromatic heterocycles. The number of rotatable bonds is 5. The molecule has 0 aliphatic heterocycles. The highest BCUT2D eigenvalue weighted by molar-refractivity contribution is 5.31. The molecule has 0 unspecified atom stereocenters. The first-order valence-corrected chi connectivity index (χ1v) is 5.04. The molecular formula is C13H16N2. The van der Waals surface area contributed by atoms with Crippen molar-refractivity contribution in [2.45, 2.75) is 6.42 Å². The van der Waals surface area contributed by atoms with Crippen molar-refractivity contribution in [1.82, 2.24) is 4.90 Å². The Morgan fingerprint density at radius 1 is 1.40 bits per heavy atom. The number of nitriles is 1. The van der Waals surface area contributed by atoms with Gasteiger partial charge in [-0.25, -0.2) is 0 Å². The van der Waals surface area contributed by atoms with Crippen LogP contribution in [0.15, 0.2) is 36.9 Å². The lowest BCUT2D eigenvalue weighted by Gasteiger charge is -2.13. The summed E-state index contributed by atoms with van der Waals surface area (Å²) in [6.07, 6.45) is 2.91. The van der Waals surface area contributed by atoms with Crippen molar-refractivity contribution in [3.05, 3.63) is 48.0 Å². The van der Waals surface area contributed by atoms with Gasteiger partial charge in [0.25, 0.3) is 0 Å². The number of nitrogens with zero attached hydrogens (tertiary/aromatic N) is 2. The van der Waals surface area contributed by atoms with Gasteiger partial charge in [-0.3, -0.25) is 0 Å². The smallest absolute Gasteiger partial charge is 0.0991 e. The Labute approximate surface area is 91.4 Å². The number of hydrogen-bond donors (Lipinski definition) is 0. The lowest BCUT2D eigenvalue weighted by Crippen LogP contribution is -2.20. The molecule has 2 heteroatoms. The second kappa shape index (κ2) is 6.00. The fourth-order valence-electron chi connectivity index (χ4n) is 1.38. The standard InChI is InChI=1S/C13H16N2/c1-3-9-15(2)10-8-12-4-6-13(11-14)7-5-12/h3-7H,1,8-10H2,2H3. The maximum absolute atomic E-state index is 8.65. The van der Waals surface area contributed by atoms with Crippen LogP contribution in [0.5, 0.6) is 0 Å². The maximum Gasteiger partial charge on any atom is 0.0991 e. The largest absolute Gasteiger partial charge is 0.302 e. The van der Waals surface area contributed by atoms with Crippen LogP contribution in [0.3, 0.4) is 0 Å². The Balaban J connectivity index is 2.44. The molecule has 0 bridgehead atoms. The minimum Gasteiger partial charge on any atom is -0.302 e. The van der Waals surface area contributed by atoms with Gasteiger partial charge >= 0.3 is 0 Å². The van der Waals surface area contributed by atoms with Gasteiger partial charge in [0.2, 0.25) is 0 Å². The van der Waals surface area contributed by atoms with Crippen LogP contribution in [0, 0.1) is 11.3 Å². The molecule has 0 aliphatic carbocycles. The highest BCUT2D eigenvalue weighted by Gasteiger charge is 1.97. The van der Waals surface area contributed by atoms with Crippen LogP contribution in [0.25, 0.3) is 0 Å². The van der Waals surface area contributed by atoms with Crippen molar-refractivity contribution in [1.29, 1.82) is 5.26 Å². The fourth-order valence-corrected chi connectivity index (χ4v) is 1.38. The Bertz CT molecular complexity index is 346. The average Bonchev–Trinajstić information content (AvgIpc) is 2.27. The number of hydrogen-bond acceptors (Lipinski definition) is 2. The SMILES string of the molecule is C=CCN(C)CCc1ccc(C#N)cc1. The monoisotopic (exact) mass is 200 g/mol. The Morgan fingerprint density at radius 3 is 2.60 bits per heavy atom. The van der Waals surface area contributed by atoms with Crippen molar-refractivity contribution in [3.63, 3.8) is 0 Å². The molecule has 0 radical (unpaired) electrons. The van der Waals surface area contributed by atoms with Crippen LogP contribution in [-0.2, 0) is 6.42 Å². The molecular weight excluding hydrogens is 184 g/mol. The van der Waals surface area contributed by atoms with Crippen LogP contribution in [0.2, 0.25) is 0 Å². The summed E-state index contributed by atoms with van der Waals surface area (Å²) in [5.74, 6) is 0. The van der Waals surface area contributed by atoms with E-state index in [9.17, 15) is 0 Å². The van der Waals surface area contributed by atoms with E-state index in [1.165, 1.54) is 5.56 Å². The van der Waals surface area contributed by atoms with Crippen LogP contribution < -0.4 is 0 Å². The summed E-state index contributed by atoms with van der Waals surface area (Å²) in [7, 11) is 2.07. The van der Waals surface area contributed by atoms with Gasteiger partial charge in [-0.15, -0.1) is 6.58 Å². The molecule has 0 spiro atoms. The Hall–Kier alpha value is -1.59. The van der Waals surface area contributed by atoms with Gasteiger partial charge in [-0.05, 0) is 31.2 Å². The Kier molecular flexibility index (Phi) is 4.59. The molecule has 0 fully saturated rings. The second-order valence-corrected chi connectivity index (χ2v) is 3.61. The molecule has 15 heavy (non-hydrogen) atoms. The summed E-state index contributed by atoms with van der Waals surface area (Å²) < 4.78 is 0. The van der Waals surface area contributed by atoms with Crippen LogP contribution >= 0.6 is 0 Å². The van der Waals surface area contributed by atoms with Crippen LogP contribution in [0.1, 0.15) is 11.1 Å². The first kappa shape index (κ1) is 11.5. The molecule has 0 saturated carbocycles. The predicted molar refractivity (Wildman–Crippen MR) is 62.6 cm³/mol. The second-order valence-electron chi connectivity index (χ2n) is 3.61. The van der Waals surface area contributed by atoms with E-state index in [2.05, 4.69) is 24.6 Å². The minimum atomic E-state index is 0.721.